The number of fused-ring (bicyclic) bond motifs is 2. The van der Waals surface area contributed by atoms with Crippen molar-refractivity contribution in [1.29, 1.82) is 0 Å². The SMILES string of the molecule is O=C(O)[C@H]1[C@H]2C=C[C@@]3(CN(c4ccc5c(c4)OCO5)C(=O)[C@@H]13)O2. The van der Waals surface area contributed by atoms with Gasteiger partial charge in [-0.15, -0.1) is 0 Å². The van der Waals surface area contributed by atoms with Crippen LogP contribution in [0.3, 0.4) is 0 Å². The number of aliphatic carboxylic acids is 1. The standard InChI is InChI=1S/C16H13NO6/c18-14-13-12(15(19)20)10-3-4-16(13,23-10)6-17(14)8-1-2-9-11(5-8)22-7-21-9/h1-5,10,12-13H,6-7H2,(H,19,20)/t10-,12+,13-,16+/m1/s1. The quantitative estimate of drug-likeness (QED) is 0.812. The Balaban J connectivity index is 1.54. The first kappa shape index (κ1) is 13.0. The van der Waals surface area contributed by atoms with Crippen molar-refractivity contribution in [3.05, 3.63) is 30.4 Å². The smallest absolute Gasteiger partial charge is 0.310 e. The van der Waals surface area contributed by atoms with Crippen LogP contribution in [0.4, 0.5) is 5.69 Å². The van der Waals surface area contributed by atoms with Gasteiger partial charge in [-0.3, -0.25) is 9.59 Å². The van der Waals surface area contributed by atoms with Gasteiger partial charge in [0.15, 0.2) is 11.5 Å². The molecule has 1 spiro atoms. The lowest BCUT2D eigenvalue weighted by Crippen LogP contribution is -2.39. The molecule has 1 aromatic rings. The van der Waals surface area contributed by atoms with E-state index in [1.807, 2.05) is 6.08 Å². The normalized spacial score (nSPS) is 35.9. The highest BCUT2D eigenvalue weighted by atomic mass is 16.7. The molecule has 7 heteroatoms. The summed E-state index contributed by atoms with van der Waals surface area (Å²) >= 11 is 0. The first-order chi connectivity index (χ1) is 11.1. The molecular weight excluding hydrogens is 302 g/mol. The topological polar surface area (TPSA) is 85.3 Å². The van der Waals surface area contributed by atoms with Gasteiger partial charge in [0.05, 0.1) is 18.6 Å². The van der Waals surface area contributed by atoms with Crippen molar-refractivity contribution < 1.29 is 28.9 Å². The molecule has 0 aromatic heterocycles. The minimum absolute atomic E-state index is 0.161. The molecule has 0 unspecified atom stereocenters. The fourth-order valence-corrected chi connectivity index (χ4v) is 4.05. The summed E-state index contributed by atoms with van der Waals surface area (Å²) in [5.41, 5.74) is -0.172. The molecule has 2 bridgehead atoms. The first-order valence-electron chi connectivity index (χ1n) is 7.40. The molecule has 0 aliphatic carbocycles. The average molecular weight is 315 g/mol. The lowest BCUT2D eigenvalue weighted by molar-refractivity contribution is -0.146. The van der Waals surface area contributed by atoms with E-state index in [0.29, 0.717) is 23.7 Å². The number of hydrogen-bond donors (Lipinski definition) is 1. The molecule has 4 heterocycles. The van der Waals surface area contributed by atoms with Gasteiger partial charge in [-0.05, 0) is 12.1 Å². The molecule has 1 N–H and O–H groups in total. The zero-order valence-electron chi connectivity index (χ0n) is 12.0. The molecule has 0 saturated carbocycles. The minimum Gasteiger partial charge on any atom is -0.481 e. The van der Waals surface area contributed by atoms with E-state index >= 15 is 0 Å². The summed E-state index contributed by atoms with van der Waals surface area (Å²) < 4.78 is 16.5. The van der Waals surface area contributed by atoms with Crippen LogP contribution in [-0.4, -0.2) is 42.0 Å². The van der Waals surface area contributed by atoms with Crippen molar-refractivity contribution in [2.24, 2.45) is 11.8 Å². The van der Waals surface area contributed by atoms with Crippen molar-refractivity contribution in [2.75, 3.05) is 18.2 Å². The van der Waals surface area contributed by atoms with Crippen molar-refractivity contribution in [1.82, 2.24) is 0 Å². The number of hydrogen-bond acceptors (Lipinski definition) is 5. The average Bonchev–Trinajstić information content (AvgIpc) is 3.26. The van der Waals surface area contributed by atoms with E-state index in [1.165, 1.54) is 0 Å². The molecule has 118 valence electrons. The first-order valence-corrected chi connectivity index (χ1v) is 7.40. The highest BCUT2D eigenvalue weighted by Crippen LogP contribution is 2.53. The van der Waals surface area contributed by atoms with Gasteiger partial charge in [0.1, 0.15) is 11.5 Å². The Kier molecular flexibility index (Phi) is 2.28. The van der Waals surface area contributed by atoms with Crippen LogP contribution in [0.5, 0.6) is 11.5 Å². The Morgan fingerprint density at radius 3 is 2.96 bits per heavy atom. The van der Waals surface area contributed by atoms with Gasteiger partial charge >= 0.3 is 5.97 Å². The van der Waals surface area contributed by atoms with Crippen LogP contribution in [0.1, 0.15) is 0 Å². The number of nitrogens with zero attached hydrogens (tertiary/aromatic N) is 1. The molecule has 7 nitrogen and oxygen atoms in total. The van der Waals surface area contributed by atoms with E-state index in [1.54, 1.807) is 29.2 Å². The molecule has 4 atom stereocenters. The number of carboxylic acid groups (broad SMARTS) is 1. The van der Waals surface area contributed by atoms with Crippen molar-refractivity contribution >= 4 is 17.6 Å². The third kappa shape index (κ3) is 1.52. The Bertz CT molecular complexity index is 774. The summed E-state index contributed by atoms with van der Waals surface area (Å²) in [7, 11) is 0. The molecule has 1 aromatic carbocycles. The van der Waals surface area contributed by atoms with E-state index in [4.69, 9.17) is 14.2 Å². The number of ether oxygens (including phenoxy) is 3. The molecule has 1 amide bonds. The van der Waals surface area contributed by atoms with E-state index in [9.17, 15) is 14.7 Å². The van der Waals surface area contributed by atoms with Crippen LogP contribution in [-0.2, 0) is 14.3 Å². The lowest BCUT2D eigenvalue weighted by Gasteiger charge is -2.21. The molecule has 23 heavy (non-hydrogen) atoms. The molecule has 2 fully saturated rings. The monoisotopic (exact) mass is 315 g/mol. The zero-order valence-corrected chi connectivity index (χ0v) is 12.0. The van der Waals surface area contributed by atoms with Gasteiger partial charge < -0.3 is 24.2 Å². The van der Waals surface area contributed by atoms with Gasteiger partial charge in [-0.2, -0.15) is 0 Å². The second-order valence-corrected chi connectivity index (χ2v) is 6.20. The number of carboxylic acids is 1. The lowest BCUT2D eigenvalue weighted by atomic mass is 9.77. The highest BCUT2D eigenvalue weighted by molar-refractivity contribution is 6.02. The maximum atomic E-state index is 12.9. The van der Waals surface area contributed by atoms with Crippen LogP contribution >= 0.6 is 0 Å². The number of benzene rings is 1. The zero-order chi connectivity index (χ0) is 15.8. The van der Waals surface area contributed by atoms with Crippen molar-refractivity contribution in [2.45, 2.75) is 11.7 Å². The fourth-order valence-electron chi connectivity index (χ4n) is 4.05. The van der Waals surface area contributed by atoms with E-state index in [2.05, 4.69) is 0 Å². The van der Waals surface area contributed by atoms with Crippen LogP contribution in [0.25, 0.3) is 0 Å². The van der Waals surface area contributed by atoms with Gasteiger partial charge in [-0.25, -0.2) is 0 Å². The molecule has 5 rings (SSSR count). The van der Waals surface area contributed by atoms with Crippen molar-refractivity contribution in [3.8, 4) is 11.5 Å². The number of carbonyl (C=O) groups is 2. The summed E-state index contributed by atoms with van der Waals surface area (Å²) in [5.74, 6) is -1.50. The van der Waals surface area contributed by atoms with Gasteiger partial charge in [-0.1, -0.05) is 12.2 Å². The van der Waals surface area contributed by atoms with Gasteiger partial charge in [0, 0.05) is 11.8 Å². The van der Waals surface area contributed by atoms with Gasteiger partial charge in [0.25, 0.3) is 0 Å². The second-order valence-electron chi connectivity index (χ2n) is 6.20. The molecule has 4 aliphatic heterocycles. The molecular formula is C16H13NO6. The third-order valence-corrected chi connectivity index (χ3v) is 5.05. The summed E-state index contributed by atoms with van der Waals surface area (Å²) in [6, 6.07) is 5.26. The predicted molar refractivity (Wildman–Crippen MR) is 76.3 cm³/mol. The summed E-state index contributed by atoms with van der Waals surface area (Å²) in [5, 5.41) is 9.46. The number of amides is 1. The van der Waals surface area contributed by atoms with E-state index < -0.39 is 29.5 Å². The number of carbonyl (C=O) groups excluding carboxylic acids is 1. The van der Waals surface area contributed by atoms with Crippen LogP contribution in [0, 0.1) is 11.8 Å². The van der Waals surface area contributed by atoms with E-state index in [0.717, 1.165) is 0 Å². The second kappa shape index (κ2) is 4.05. The summed E-state index contributed by atoms with van der Waals surface area (Å²) in [6.07, 6.45) is 3.08. The van der Waals surface area contributed by atoms with Crippen LogP contribution in [0.2, 0.25) is 0 Å². The summed E-state index contributed by atoms with van der Waals surface area (Å²) in [4.78, 5) is 26.0. The maximum Gasteiger partial charge on any atom is 0.310 e. The van der Waals surface area contributed by atoms with Crippen molar-refractivity contribution in [3.63, 3.8) is 0 Å². The molecule has 0 radical (unpaired) electrons. The number of rotatable bonds is 2. The Hall–Kier alpha value is -2.54. The Morgan fingerprint density at radius 2 is 2.13 bits per heavy atom. The maximum absolute atomic E-state index is 12.9. The fraction of sp³-hybridized carbons (Fsp3) is 0.375. The van der Waals surface area contributed by atoms with E-state index in [-0.39, 0.29) is 12.7 Å². The predicted octanol–water partition coefficient (Wildman–Crippen LogP) is 0.786. The van der Waals surface area contributed by atoms with Crippen LogP contribution < -0.4 is 14.4 Å². The minimum atomic E-state index is -0.993. The Morgan fingerprint density at radius 1 is 1.30 bits per heavy atom. The third-order valence-electron chi connectivity index (χ3n) is 5.05. The van der Waals surface area contributed by atoms with Crippen LogP contribution in [0.15, 0.2) is 30.4 Å². The Labute approximate surface area is 131 Å². The van der Waals surface area contributed by atoms with Gasteiger partial charge in [0.2, 0.25) is 12.7 Å². The highest BCUT2D eigenvalue weighted by Gasteiger charge is 2.67. The molecule has 2 saturated heterocycles. The largest absolute Gasteiger partial charge is 0.481 e. The molecule has 4 aliphatic rings. The number of anilines is 1. The summed E-state index contributed by atoms with van der Waals surface area (Å²) in [6.45, 7) is 0.473.